The Labute approximate surface area is 253 Å². The van der Waals surface area contributed by atoms with Crippen LogP contribution in [0.4, 0.5) is 4.39 Å². The van der Waals surface area contributed by atoms with E-state index in [-0.39, 0.29) is 31.3 Å². The average Bonchev–Trinajstić information content (AvgIpc) is 3.37. The first-order chi connectivity index (χ1) is 20.4. The van der Waals surface area contributed by atoms with Gasteiger partial charge in [-0.3, -0.25) is 4.79 Å². The molecule has 216 valence electrons. The number of ether oxygens (including phenoxy) is 2. The Kier molecular flexibility index (Phi) is 9.42. The zero-order valence-corrected chi connectivity index (χ0v) is 24.1. The number of aliphatic imine (C=N–C) groups is 1. The minimum absolute atomic E-state index is 0.0438. The Morgan fingerprint density at radius 1 is 0.976 bits per heavy atom. The van der Waals surface area contributed by atoms with E-state index in [1.54, 1.807) is 54.6 Å². The highest BCUT2D eigenvalue weighted by Gasteiger charge is 2.53. The van der Waals surface area contributed by atoms with Gasteiger partial charge in [0.1, 0.15) is 11.6 Å². The van der Waals surface area contributed by atoms with Gasteiger partial charge < -0.3 is 19.9 Å². The molecule has 0 saturated heterocycles. The van der Waals surface area contributed by atoms with Gasteiger partial charge in [0, 0.05) is 47.2 Å². The number of aliphatic hydroxyl groups is 1. The van der Waals surface area contributed by atoms with Crippen molar-refractivity contribution in [2.24, 2.45) is 4.99 Å². The van der Waals surface area contributed by atoms with Gasteiger partial charge in [0.15, 0.2) is 11.6 Å². The summed E-state index contributed by atoms with van der Waals surface area (Å²) >= 11 is 12.9. The Morgan fingerprint density at radius 2 is 1.74 bits per heavy atom. The van der Waals surface area contributed by atoms with Crippen molar-refractivity contribution in [2.75, 3.05) is 13.2 Å². The van der Waals surface area contributed by atoms with Crippen LogP contribution in [0.2, 0.25) is 10.0 Å². The minimum atomic E-state index is -1.46. The maximum absolute atomic E-state index is 14.3. The molecule has 1 amide bonds. The van der Waals surface area contributed by atoms with Crippen molar-refractivity contribution in [1.29, 1.82) is 0 Å². The Hall–Kier alpha value is -3.91. The van der Waals surface area contributed by atoms with Gasteiger partial charge in [0.25, 0.3) is 5.91 Å². The molecule has 0 saturated carbocycles. The second-order valence-electron chi connectivity index (χ2n) is 9.93. The summed E-state index contributed by atoms with van der Waals surface area (Å²) in [7, 11) is 0. The average molecular weight is 608 g/mol. The van der Waals surface area contributed by atoms with E-state index < -0.39 is 17.6 Å². The number of nitrogens with zero attached hydrogens (tertiary/aromatic N) is 1. The Balaban J connectivity index is 1.56. The van der Waals surface area contributed by atoms with Crippen LogP contribution in [0, 0.1) is 5.82 Å². The summed E-state index contributed by atoms with van der Waals surface area (Å²) in [6.45, 7) is 0.525. The van der Waals surface area contributed by atoms with Crippen LogP contribution in [-0.4, -0.2) is 35.7 Å². The van der Waals surface area contributed by atoms with Gasteiger partial charge in [-0.2, -0.15) is 0 Å². The number of amides is 1. The highest BCUT2D eigenvalue weighted by molar-refractivity contribution is 6.35. The number of nitrogens with one attached hydrogen (secondary N) is 1. The zero-order chi connectivity index (χ0) is 29.5. The maximum Gasteiger partial charge on any atom is 0.252 e. The van der Waals surface area contributed by atoms with Crippen LogP contribution in [0.3, 0.4) is 0 Å². The van der Waals surface area contributed by atoms with Crippen molar-refractivity contribution in [1.82, 2.24) is 5.32 Å². The van der Waals surface area contributed by atoms with Gasteiger partial charge in [-0.25, -0.2) is 9.38 Å². The van der Waals surface area contributed by atoms with Gasteiger partial charge in [-0.05, 0) is 59.7 Å². The van der Waals surface area contributed by atoms with E-state index in [2.05, 4.69) is 5.32 Å². The molecule has 0 unspecified atom stereocenters. The normalized spacial score (nSPS) is 17.8. The van der Waals surface area contributed by atoms with Crippen LogP contribution in [0.5, 0.6) is 5.75 Å². The van der Waals surface area contributed by atoms with Crippen molar-refractivity contribution >= 4 is 35.0 Å². The van der Waals surface area contributed by atoms with Crippen LogP contribution in [0.1, 0.15) is 34.8 Å². The molecule has 6 nitrogen and oxygen atoms in total. The summed E-state index contributed by atoms with van der Waals surface area (Å²) < 4.78 is 26.0. The molecular formula is C33H29Cl2FN2O4. The standard InChI is InChI=1S/C33H29Cl2FN2O4/c34-25-12-15-28(29(35)19-25)30-33(20-22-6-2-1-3-7-22,32(40)37-21-23-8-4-9-26(36)18-23)38-31(42-30)24-10-13-27(14-11-24)41-17-5-16-39/h1-4,6-15,18-19,30,39H,5,16-17,20-21H2,(H,37,40)/t30-,33-/m1/s1. The van der Waals surface area contributed by atoms with Gasteiger partial charge in [0.05, 0.1) is 6.61 Å². The first-order valence-corrected chi connectivity index (χ1v) is 14.3. The molecular weight excluding hydrogens is 578 g/mol. The van der Waals surface area contributed by atoms with Crippen molar-refractivity contribution in [2.45, 2.75) is 31.0 Å². The van der Waals surface area contributed by atoms with E-state index >= 15 is 0 Å². The van der Waals surface area contributed by atoms with Gasteiger partial charge in [-0.15, -0.1) is 0 Å². The number of rotatable bonds is 11. The number of hydrogen-bond acceptors (Lipinski definition) is 5. The minimum Gasteiger partial charge on any atom is -0.494 e. The number of halogens is 3. The van der Waals surface area contributed by atoms with E-state index in [9.17, 15) is 9.18 Å². The first kappa shape index (κ1) is 29.6. The monoisotopic (exact) mass is 606 g/mol. The summed E-state index contributed by atoms with van der Waals surface area (Å²) in [6.07, 6.45) is -0.169. The fourth-order valence-corrected chi connectivity index (χ4v) is 5.37. The van der Waals surface area contributed by atoms with Crippen LogP contribution in [-0.2, 0) is 22.5 Å². The summed E-state index contributed by atoms with van der Waals surface area (Å²) in [5, 5.41) is 12.8. The molecule has 1 aliphatic rings. The smallest absolute Gasteiger partial charge is 0.252 e. The van der Waals surface area contributed by atoms with Gasteiger partial charge in [-0.1, -0.05) is 71.7 Å². The van der Waals surface area contributed by atoms with Gasteiger partial charge >= 0.3 is 0 Å². The van der Waals surface area contributed by atoms with E-state index in [0.717, 1.165) is 5.56 Å². The molecule has 2 atom stereocenters. The summed E-state index contributed by atoms with van der Waals surface area (Å²) in [5.74, 6) is 0.113. The molecule has 4 aromatic rings. The van der Waals surface area contributed by atoms with E-state index in [4.69, 9.17) is 42.8 Å². The molecule has 9 heteroatoms. The molecule has 0 aromatic heterocycles. The molecule has 0 aliphatic carbocycles. The lowest BCUT2D eigenvalue weighted by atomic mass is 9.82. The third kappa shape index (κ3) is 6.76. The molecule has 4 aromatic carbocycles. The quantitative estimate of drug-likeness (QED) is 0.186. The fraction of sp³-hybridized carbons (Fsp3) is 0.212. The Morgan fingerprint density at radius 3 is 2.45 bits per heavy atom. The lowest BCUT2D eigenvalue weighted by Gasteiger charge is -2.31. The number of carbonyl (C=O) groups excluding carboxylic acids is 1. The van der Waals surface area contributed by atoms with E-state index in [1.807, 2.05) is 30.3 Å². The van der Waals surface area contributed by atoms with Crippen molar-refractivity contribution < 1.29 is 23.8 Å². The second kappa shape index (κ2) is 13.4. The number of benzene rings is 4. The molecule has 1 heterocycles. The van der Waals surface area contributed by atoms with Crippen LogP contribution in [0.25, 0.3) is 0 Å². The van der Waals surface area contributed by atoms with Crippen LogP contribution < -0.4 is 10.1 Å². The van der Waals surface area contributed by atoms with Crippen molar-refractivity contribution in [3.8, 4) is 5.75 Å². The van der Waals surface area contributed by atoms with Crippen molar-refractivity contribution in [3.05, 3.63) is 135 Å². The molecule has 5 rings (SSSR count). The molecule has 2 N–H and O–H groups in total. The molecule has 0 bridgehead atoms. The zero-order valence-electron chi connectivity index (χ0n) is 22.6. The SMILES string of the molecule is O=C(NCc1cccc(F)c1)[C@]1(Cc2ccccc2)N=C(c2ccc(OCCCO)cc2)O[C@@H]1c1ccc(Cl)cc1Cl. The lowest BCUT2D eigenvalue weighted by molar-refractivity contribution is -0.129. The third-order valence-electron chi connectivity index (χ3n) is 6.93. The molecule has 0 spiro atoms. The highest BCUT2D eigenvalue weighted by atomic mass is 35.5. The van der Waals surface area contributed by atoms with Crippen LogP contribution in [0.15, 0.2) is 102 Å². The summed E-state index contributed by atoms with van der Waals surface area (Å²) in [6, 6.07) is 27.8. The Bertz CT molecular complexity index is 1570. The maximum atomic E-state index is 14.3. The molecule has 42 heavy (non-hydrogen) atoms. The van der Waals surface area contributed by atoms with Gasteiger partial charge in [0.2, 0.25) is 5.90 Å². The number of hydrogen-bond donors (Lipinski definition) is 2. The predicted molar refractivity (Wildman–Crippen MR) is 162 cm³/mol. The predicted octanol–water partition coefficient (Wildman–Crippen LogP) is 6.71. The molecule has 0 radical (unpaired) electrons. The topological polar surface area (TPSA) is 80.2 Å². The second-order valence-corrected chi connectivity index (χ2v) is 10.8. The van der Waals surface area contributed by atoms with E-state index in [1.165, 1.54) is 12.1 Å². The van der Waals surface area contributed by atoms with Crippen molar-refractivity contribution in [3.63, 3.8) is 0 Å². The summed E-state index contributed by atoms with van der Waals surface area (Å²) in [4.78, 5) is 19.3. The number of aliphatic hydroxyl groups excluding tert-OH is 1. The molecule has 0 fully saturated rings. The first-order valence-electron chi connectivity index (χ1n) is 13.5. The highest BCUT2D eigenvalue weighted by Crippen LogP contribution is 2.45. The lowest BCUT2D eigenvalue weighted by Crippen LogP contribution is -2.49. The number of carbonyl (C=O) groups is 1. The summed E-state index contributed by atoms with van der Waals surface area (Å²) in [5.41, 5.74) is 1.22. The fourth-order valence-electron chi connectivity index (χ4n) is 4.86. The van der Waals surface area contributed by atoms with E-state index in [0.29, 0.717) is 45.5 Å². The van der Waals surface area contributed by atoms with Crippen LogP contribution >= 0.6 is 23.2 Å². The third-order valence-corrected chi connectivity index (χ3v) is 7.50. The molecule has 1 aliphatic heterocycles. The largest absolute Gasteiger partial charge is 0.494 e.